The fourth-order valence-corrected chi connectivity index (χ4v) is 3.05. The Kier molecular flexibility index (Phi) is 4.50. The summed E-state index contributed by atoms with van der Waals surface area (Å²) in [4.78, 5) is 16.2. The number of para-hydroxylation sites is 1. The molecule has 2 heterocycles. The zero-order valence-electron chi connectivity index (χ0n) is 12.8. The molecule has 1 amide bonds. The van der Waals surface area contributed by atoms with Crippen molar-refractivity contribution in [2.45, 2.75) is 23.8 Å². The van der Waals surface area contributed by atoms with Gasteiger partial charge >= 0.3 is 0 Å². The summed E-state index contributed by atoms with van der Waals surface area (Å²) in [5.74, 6) is 0.385. The highest BCUT2D eigenvalue weighted by molar-refractivity contribution is 7.89. The number of ether oxygens (including phenoxy) is 1. The van der Waals surface area contributed by atoms with Crippen LogP contribution in [0.1, 0.15) is 34.9 Å². The summed E-state index contributed by atoms with van der Waals surface area (Å²) in [5, 5.41) is 7.95. The van der Waals surface area contributed by atoms with Crippen molar-refractivity contribution in [3.05, 3.63) is 53.9 Å². The average molecular weight is 347 g/mol. The molecule has 0 radical (unpaired) electrons. The van der Waals surface area contributed by atoms with Crippen LogP contribution in [0.4, 0.5) is 0 Å². The largest absolute Gasteiger partial charge is 0.493 e. The molecule has 0 bridgehead atoms. The molecule has 0 saturated heterocycles. The number of carbonyl (C=O) groups is 1. The quantitative estimate of drug-likeness (QED) is 0.871. The lowest BCUT2D eigenvalue weighted by atomic mass is 10.0. The molecule has 1 atom stereocenters. The van der Waals surface area contributed by atoms with Crippen LogP contribution in [0.15, 0.2) is 47.5 Å². The maximum Gasteiger partial charge on any atom is 0.270 e. The summed E-state index contributed by atoms with van der Waals surface area (Å²) < 4.78 is 28.1. The van der Waals surface area contributed by atoms with E-state index in [1.807, 2.05) is 24.3 Å². The molecule has 0 saturated carbocycles. The van der Waals surface area contributed by atoms with Crippen LogP contribution in [0.25, 0.3) is 0 Å². The molecular formula is C16H17N3O4S. The van der Waals surface area contributed by atoms with E-state index >= 15 is 0 Å². The van der Waals surface area contributed by atoms with Crippen LogP contribution in [-0.2, 0) is 10.0 Å². The molecule has 1 aromatic heterocycles. The predicted molar refractivity (Wildman–Crippen MR) is 87.0 cm³/mol. The average Bonchev–Trinajstić information content (AvgIpc) is 2.77. The molecule has 3 rings (SSSR count). The third kappa shape index (κ3) is 3.55. The standard InChI is InChI=1S/C16H17N3O4S/c17-24(21,22)11-7-8-14(18-10-11)16(20)19-13-5-3-9-23-15-6-2-1-4-12(13)15/h1-2,4,6-8,10,13H,3,5,9H2,(H,19,20)(H2,17,21,22)/t13-/m1/s1. The molecule has 7 nitrogen and oxygen atoms in total. The number of nitrogens with two attached hydrogens (primary N) is 1. The number of fused-ring (bicyclic) bond motifs is 1. The molecule has 1 aliphatic heterocycles. The molecule has 0 fully saturated rings. The Bertz CT molecular complexity index is 850. The van der Waals surface area contributed by atoms with Crippen molar-refractivity contribution in [2.75, 3.05) is 6.61 Å². The minimum absolute atomic E-state index is 0.130. The number of benzene rings is 1. The van der Waals surface area contributed by atoms with Crippen molar-refractivity contribution in [2.24, 2.45) is 5.14 Å². The normalized spacial score (nSPS) is 17.3. The number of pyridine rings is 1. The van der Waals surface area contributed by atoms with Crippen LogP contribution in [0.3, 0.4) is 0 Å². The molecule has 3 N–H and O–H groups in total. The maximum absolute atomic E-state index is 12.4. The first-order valence-electron chi connectivity index (χ1n) is 7.46. The molecule has 24 heavy (non-hydrogen) atoms. The Morgan fingerprint density at radius 3 is 2.75 bits per heavy atom. The number of hydrogen-bond acceptors (Lipinski definition) is 5. The van der Waals surface area contributed by atoms with Crippen molar-refractivity contribution < 1.29 is 17.9 Å². The number of rotatable bonds is 3. The van der Waals surface area contributed by atoms with E-state index in [0.29, 0.717) is 6.61 Å². The molecule has 8 heteroatoms. The van der Waals surface area contributed by atoms with Gasteiger partial charge in [0, 0.05) is 11.8 Å². The van der Waals surface area contributed by atoms with E-state index in [4.69, 9.17) is 9.88 Å². The van der Waals surface area contributed by atoms with Crippen LogP contribution < -0.4 is 15.2 Å². The zero-order chi connectivity index (χ0) is 17.2. The van der Waals surface area contributed by atoms with E-state index in [1.54, 1.807) is 0 Å². The number of amides is 1. The van der Waals surface area contributed by atoms with Crippen molar-refractivity contribution in [3.8, 4) is 5.75 Å². The lowest BCUT2D eigenvalue weighted by Gasteiger charge is -2.18. The van der Waals surface area contributed by atoms with Gasteiger partial charge in [0.25, 0.3) is 5.91 Å². The minimum Gasteiger partial charge on any atom is -0.493 e. The van der Waals surface area contributed by atoms with Gasteiger partial charge in [0.05, 0.1) is 12.6 Å². The Morgan fingerprint density at radius 2 is 2.04 bits per heavy atom. The number of carbonyl (C=O) groups excluding carboxylic acids is 1. The molecule has 0 aliphatic carbocycles. The molecule has 2 aromatic rings. The topological polar surface area (TPSA) is 111 Å². The highest BCUT2D eigenvalue weighted by atomic mass is 32.2. The second-order valence-electron chi connectivity index (χ2n) is 5.48. The van der Waals surface area contributed by atoms with Gasteiger partial charge in [-0.2, -0.15) is 0 Å². The highest BCUT2D eigenvalue weighted by Crippen LogP contribution is 2.31. The second kappa shape index (κ2) is 6.58. The first kappa shape index (κ1) is 16.4. The summed E-state index contributed by atoms with van der Waals surface area (Å²) in [5.41, 5.74) is 1.05. The lowest BCUT2D eigenvalue weighted by Crippen LogP contribution is -2.29. The SMILES string of the molecule is NS(=O)(=O)c1ccc(C(=O)N[C@@H]2CCCOc3ccccc32)nc1. The molecule has 1 aliphatic rings. The van der Waals surface area contributed by atoms with Crippen molar-refractivity contribution in [3.63, 3.8) is 0 Å². The van der Waals surface area contributed by atoms with Gasteiger partial charge in [-0.1, -0.05) is 18.2 Å². The fraction of sp³-hybridized carbons (Fsp3) is 0.250. The number of nitrogens with one attached hydrogen (secondary N) is 1. The number of nitrogens with zero attached hydrogens (tertiary/aromatic N) is 1. The van der Waals surface area contributed by atoms with Gasteiger partial charge in [0.2, 0.25) is 10.0 Å². The van der Waals surface area contributed by atoms with E-state index in [0.717, 1.165) is 30.4 Å². The molecule has 0 unspecified atom stereocenters. The first-order valence-corrected chi connectivity index (χ1v) is 9.01. The van der Waals surface area contributed by atoms with Crippen LogP contribution in [0, 0.1) is 0 Å². The number of aromatic nitrogens is 1. The highest BCUT2D eigenvalue weighted by Gasteiger charge is 2.22. The smallest absolute Gasteiger partial charge is 0.270 e. The van der Waals surface area contributed by atoms with E-state index in [2.05, 4.69) is 10.3 Å². The summed E-state index contributed by atoms with van der Waals surface area (Å²) in [6.45, 7) is 0.602. The third-order valence-electron chi connectivity index (χ3n) is 3.79. The van der Waals surface area contributed by atoms with Crippen LogP contribution in [0.2, 0.25) is 0 Å². The van der Waals surface area contributed by atoms with Crippen LogP contribution in [-0.4, -0.2) is 25.9 Å². The van der Waals surface area contributed by atoms with Gasteiger partial charge in [0.1, 0.15) is 16.3 Å². The Labute approximate surface area is 139 Å². The Morgan fingerprint density at radius 1 is 1.25 bits per heavy atom. The van der Waals surface area contributed by atoms with Crippen molar-refractivity contribution in [1.82, 2.24) is 10.3 Å². The minimum atomic E-state index is -3.83. The number of hydrogen-bond donors (Lipinski definition) is 2. The van der Waals surface area contributed by atoms with Gasteiger partial charge in [-0.05, 0) is 31.0 Å². The summed E-state index contributed by atoms with van der Waals surface area (Å²) in [7, 11) is -3.83. The lowest BCUT2D eigenvalue weighted by molar-refractivity contribution is 0.0929. The summed E-state index contributed by atoms with van der Waals surface area (Å²) >= 11 is 0. The van der Waals surface area contributed by atoms with Gasteiger partial charge < -0.3 is 10.1 Å². The van der Waals surface area contributed by atoms with E-state index in [9.17, 15) is 13.2 Å². The molecule has 126 valence electrons. The third-order valence-corrected chi connectivity index (χ3v) is 4.69. The van der Waals surface area contributed by atoms with Crippen LogP contribution >= 0.6 is 0 Å². The van der Waals surface area contributed by atoms with Gasteiger partial charge in [-0.15, -0.1) is 0 Å². The van der Waals surface area contributed by atoms with E-state index < -0.39 is 10.0 Å². The fourth-order valence-electron chi connectivity index (χ4n) is 2.59. The number of primary sulfonamides is 1. The van der Waals surface area contributed by atoms with Crippen molar-refractivity contribution in [1.29, 1.82) is 0 Å². The maximum atomic E-state index is 12.4. The Hall–Kier alpha value is -2.45. The van der Waals surface area contributed by atoms with Gasteiger partial charge in [-0.25, -0.2) is 18.5 Å². The van der Waals surface area contributed by atoms with Crippen molar-refractivity contribution >= 4 is 15.9 Å². The van der Waals surface area contributed by atoms with E-state index in [1.165, 1.54) is 12.1 Å². The molecule has 1 aromatic carbocycles. The summed E-state index contributed by atoms with van der Waals surface area (Å²) in [6, 6.07) is 10.00. The van der Waals surface area contributed by atoms with Gasteiger partial charge in [0.15, 0.2) is 0 Å². The monoisotopic (exact) mass is 347 g/mol. The molecular weight excluding hydrogens is 330 g/mol. The Balaban J connectivity index is 1.80. The molecule has 0 spiro atoms. The predicted octanol–water partition coefficient (Wildman–Crippen LogP) is 1.37. The number of sulfonamides is 1. The first-order chi connectivity index (χ1) is 11.4. The zero-order valence-corrected chi connectivity index (χ0v) is 13.6. The second-order valence-corrected chi connectivity index (χ2v) is 7.04. The van der Waals surface area contributed by atoms with E-state index in [-0.39, 0.29) is 22.5 Å². The summed E-state index contributed by atoms with van der Waals surface area (Å²) in [6.07, 6.45) is 2.64. The van der Waals surface area contributed by atoms with Crippen LogP contribution in [0.5, 0.6) is 5.75 Å². The van der Waals surface area contributed by atoms with Gasteiger partial charge in [-0.3, -0.25) is 4.79 Å².